The maximum atomic E-state index is 11.7. The van der Waals surface area contributed by atoms with Gasteiger partial charge < -0.3 is 29.0 Å². The fourth-order valence-corrected chi connectivity index (χ4v) is 4.86. The molecule has 0 spiro atoms. The number of nitrogens with zero attached hydrogens (tertiary/aromatic N) is 6. The molecule has 0 aromatic carbocycles. The monoisotopic (exact) mass is 464 g/mol. The molecule has 1 saturated heterocycles. The maximum absolute atomic E-state index is 11.7. The summed E-state index contributed by atoms with van der Waals surface area (Å²) in [5.41, 5.74) is 16.7. The summed E-state index contributed by atoms with van der Waals surface area (Å²) in [6, 6.07) is -0.961. The van der Waals surface area contributed by atoms with Crippen molar-refractivity contribution in [2.24, 2.45) is 10.2 Å². The molecule has 1 fully saturated rings. The van der Waals surface area contributed by atoms with E-state index in [4.69, 9.17) is 43.1 Å². The molecule has 1 heterocycles. The highest BCUT2D eigenvalue weighted by atomic mass is 31.3. The number of hydrogen-bond donors (Lipinski definition) is 4. The fourth-order valence-electron chi connectivity index (χ4n) is 1.83. The van der Waals surface area contributed by atoms with Gasteiger partial charge in [-0.3, -0.25) is 4.52 Å². The third kappa shape index (κ3) is 9.48. The average Bonchev–Trinajstić information content (AvgIpc) is 2.82. The molecular weight excluding hydrogens is 452 g/mol. The van der Waals surface area contributed by atoms with E-state index >= 15 is 0 Å². The lowest BCUT2D eigenvalue weighted by Gasteiger charge is -2.22. The minimum absolute atomic E-state index is 0.0528. The van der Waals surface area contributed by atoms with Crippen molar-refractivity contribution in [3.8, 4) is 0 Å². The molecule has 156 valence electrons. The van der Waals surface area contributed by atoms with Crippen LogP contribution < -0.4 is 0 Å². The number of rotatable bonds is 11. The lowest BCUT2D eigenvalue weighted by atomic mass is 9.96. The van der Waals surface area contributed by atoms with Crippen molar-refractivity contribution in [1.29, 1.82) is 0 Å². The van der Waals surface area contributed by atoms with Crippen LogP contribution in [0.25, 0.3) is 20.9 Å². The Kier molecular flexibility index (Phi) is 9.10. The molecule has 4 N–H and O–H groups in total. The largest absolute Gasteiger partial charge is 0.490 e. The van der Waals surface area contributed by atoms with E-state index in [0.29, 0.717) is 0 Å². The summed E-state index contributed by atoms with van der Waals surface area (Å²) in [4.78, 5) is 40.1. The number of phosphoric acid groups is 3. The summed E-state index contributed by atoms with van der Waals surface area (Å²) in [5, 5.41) is 6.08. The van der Waals surface area contributed by atoms with Crippen molar-refractivity contribution >= 4 is 31.3 Å². The first-order chi connectivity index (χ1) is 12.8. The van der Waals surface area contributed by atoms with Crippen LogP contribution in [0.15, 0.2) is 10.2 Å². The molecule has 5 atom stereocenters. The highest BCUT2D eigenvalue weighted by molar-refractivity contribution is 7.66. The van der Waals surface area contributed by atoms with Gasteiger partial charge in [0.25, 0.3) is 0 Å². The summed E-state index contributed by atoms with van der Waals surface area (Å²) < 4.78 is 55.2. The van der Waals surface area contributed by atoms with Gasteiger partial charge in [0.15, 0.2) is 0 Å². The van der Waals surface area contributed by atoms with Crippen LogP contribution in [0, 0.1) is 0 Å². The molecule has 0 aromatic rings. The van der Waals surface area contributed by atoms with Gasteiger partial charge in [-0.25, -0.2) is 13.7 Å². The van der Waals surface area contributed by atoms with E-state index in [1.165, 1.54) is 0 Å². The Hall–Kier alpha value is -0.985. The second-order valence-corrected chi connectivity index (χ2v) is 9.17. The molecule has 1 aliphatic heterocycles. The molecule has 2 radical (unpaired) electrons. The van der Waals surface area contributed by atoms with Gasteiger partial charge in [0, 0.05) is 15.8 Å². The summed E-state index contributed by atoms with van der Waals surface area (Å²) in [6.45, 7) is -0.846. The van der Waals surface area contributed by atoms with Crippen molar-refractivity contribution in [3.63, 3.8) is 0 Å². The topological polar surface area (TPSA) is 276 Å². The van der Waals surface area contributed by atoms with E-state index < -0.39 is 54.6 Å². The molecule has 1 aliphatic rings. The second kappa shape index (κ2) is 10.2. The van der Waals surface area contributed by atoms with E-state index in [9.17, 15) is 18.6 Å². The SMILES string of the molecule is [B][C@H]1C[C@@H](OC(N=[N+]=[N-])N=[N+]=[N-])C(COP(=O)(O)OP(=O)(O)OP(=O)(O)O)O1. The maximum Gasteiger partial charge on any atom is 0.490 e. The third-order valence-electron chi connectivity index (χ3n) is 2.64. The molecule has 0 bridgehead atoms. The van der Waals surface area contributed by atoms with E-state index in [1.54, 1.807) is 0 Å². The van der Waals surface area contributed by atoms with Crippen LogP contribution in [0.5, 0.6) is 0 Å². The molecule has 3 unspecified atom stereocenters. The molecule has 0 aromatic heterocycles. The zero-order valence-corrected chi connectivity index (χ0v) is 16.1. The number of hydrogen-bond acceptors (Lipinski definition) is 10. The summed E-state index contributed by atoms with van der Waals surface area (Å²) >= 11 is 0. The highest BCUT2D eigenvalue weighted by Gasteiger charge is 2.42. The van der Waals surface area contributed by atoms with E-state index in [1.807, 2.05) is 0 Å². The quantitative estimate of drug-likeness (QED) is 0.109. The van der Waals surface area contributed by atoms with E-state index in [0.717, 1.165) is 0 Å². The first-order valence-corrected chi connectivity index (χ1v) is 11.2. The van der Waals surface area contributed by atoms with Crippen molar-refractivity contribution < 1.29 is 55.9 Å². The van der Waals surface area contributed by atoms with Crippen LogP contribution in [0.3, 0.4) is 0 Å². The Morgan fingerprint density at radius 3 is 2.18 bits per heavy atom. The number of phosphoric ester groups is 1. The van der Waals surface area contributed by atoms with Crippen LogP contribution in [-0.4, -0.2) is 58.6 Å². The predicted octanol–water partition coefficient (Wildman–Crippen LogP) is 0.903. The van der Waals surface area contributed by atoms with Crippen LogP contribution >= 0.6 is 23.5 Å². The molecule has 22 heteroatoms. The number of azide groups is 1. The van der Waals surface area contributed by atoms with Crippen molar-refractivity contribution in [1.82, 2.24) is 0 Å². The zero-order valence-electron chi connectivity index (χ0n) is 13.4. The second-order valence-electron chi connectivity index (χ2n) is 4.75. The number of ether oxygens (including phenoxy) is 2. The summed E-state index contributed by atoms with van der Waals surface area (Å²) in [7, 11) is -11.0. The Bertz CT molecular complexity index is 777. The molecule has 0 aliphatic carbocycles. The van der Waals surface area contributed by atoms with Crippen molar-refractivity contribution in [2.45, 2.75) is 31.0 Å². The van der Waals surface area contributed by atoms with Gasteiger partial charge in [-0.1, -0.05) is 10.2 Å². The molecular formula is C6H12BN6O12P3. The lowest BCUT2D eigenvalue weighted by molar-refractivity contribution is -0.0634. The minimum Gasteiger partial charge on any atom is -0.380 e. The molecule has 0 saturated carbocycles. The standard InChI is InChI=1S/C6H12BN6O12P3/c7-5-1-3(23-6(10-12-8)11-13-9)4(22-5)2-21-27(17,18)25-28(19,20)24-26(14,15)16/h3-6H,1-2H2,(H,17,18)(H,19,20)(H2,14,15,16)/t3-,4?,5-/m1/s1. The highest BCUT2D eigenvalue weighted by Crippen LogP contribution is 2.66. The summed E-state index contributed by atoms with van der Waals surface area (Å²) in [6.07, 6.45) is -3.97. The van der Waals surface area contributed by atoms with Gasteiger partial charge in [0.2, 0.25) is 6.35 Å². The van der Waals surface area contributed by atoms with Crippen molar-refractivity contribution in [3.05, 3.63) is 20.9 Å². The molecule has 1 rings (SSSR count). The Morgan fingerprint density at radius 2 is 1.68 bits per heavy atom. The Labute approximate surface area is 156 Å². The zero-order chi connectivity index (χ0) is 21.6. The third-order valence-corrected chi connectivity index (χ3v) is 6.45. The van der Waals surface area contributed by atoms with Gasteiger partial charge in [0.1, 0.15) is 14.0 Å². The van der Waals surface area contributed by atoms with Gasteiger partial charge in [-0.15, -0.1) is 0 Å². The van der Waals surface area contributed by atoms with E-state index in [-0.39, 0.29) is 6.42 Å². The smallest absolute Gasteiger partial charge is 0.380 e. The van der Waals surface area contributed by atoms with Crippen LogP contribution in [0.2, 0.25) is 0 Å². The molecule has 0 amide bonds. The van der Waals surface area contributed by atoms with Gasteiger partial charge in [-0.2, -0.15) is 8.62 Å². The van der Waals surface area contributed by atoms with Crippen LogP contribution in [0.1, 0.15) is 6.42 Å². The minimum atomic E-state index is -5.67. The van der Waals surface area contributed by atoms with Crippen molar-refractivity contribution in [2.75, 3.05) is 6.61 Å². The van der Waals surface area contributed by atoms with Crippen LogP contribution in [-0.2, 0) is 36.3 Å². The molecule has 28 heavy (non-hydrogen) atoms. The van der Waals surface area contributed by atoms with E-state index in [2.05, 4.69) is 33.2 Å². The van der Waals surface area contributed by atoms with Gasteiger partial charge >= 0.3 is 23.5 Å². The summed E-state index contributed by atoms with van der Waals surface area (Å²) in [5.74, 6) is 0. The average molecular weight is 464 g/mol. The molecule has 18 nitrogen and oxygen atoms in total. The fraction of sp³-hybridized carbons (Fsp3) is 1.00. The Morgan fingerprint density at radius 1 is 1.11 bits per heavy atom. The van der Waals surface area contributed by atoms with Gasteiger partial charge in [0.05, 0.1) is 12.7 Å². The normalized spacial score (nSPS) is 27.6. The predicted molar refractivity (Wildman–Crippen MR) is 85.8 cm³/mol. The van der Waals surface area contributed by atoms with Crippen LogP contribution in [0.4, 0.5) is 0 Å². The lowest BCUT2D eigenvalue weighted by Crippen LogP contribution is -2.31. The first kappa shape index (κ1) is 25.1. The Balaban J connectivity index is 2.75. The first-order valence-electron chi connectivity index (χ1n) is 6.70. The van der Waals surface area contributed by atoms with Gasteiger partial charge in [-0.05, 0) is 17.5 Å².